The van der Waals surface area contributed by atoms with Crippen LogP contribution in [0.1, 0.15) is 23.0 Å². The second-order valence-corrected chi connectivity index (χ2v) is 8.09. The van der Waals surface area contributed by atoms with E-state index in [9.17, 15) is 14.4 Å². The van der Waals surface area contributed by atoms with Gasteiger partial charge in [0.25, 0.3) is 5.56 Å². The normalized spacial score (nSPS) is 11.9. The summed E-state index contributed by atoms with van der Waals surface area (Å²) in [4.78, 5) is 26.3. The lowest BCUT2D eigenvalue weighted by Gasteiger charge is -2.23. The molecular formula is C23H20ClFN8O2. The van der Waals surface area contributed by atoms with Gasteiger partial charge >= 0.3 is 0 Å². The number of ether oxygens (including phenoxy) is 1. The Kier molecular flexibility index (Phi) is 6.50. The SMILES string of the molecule is COCC(Nc1nc(N)nc(N)c1C#N)c1nc2cccc(Cl)c2c(=O)n1-c1cc(C)cc(F)c1. The fourth-order valence-corrected chi connectivity index (χ4v) is 4.01. The number of fused-ring (bicyclic) bond motifs is 1. The summed E-state index contributed by atoms with van der Waals surface area (Å²) < 4.78 is 21.0. The van der Waals surface area contributed by atoms with E-state index in [-0.39, 0.29) is 51.7 Å². The van der Waals surface area contributed by atoms with Gasteiger partial charge in [0.15, 0.2) is 5.82 Å². The Hall–Kier alpha value is -4.27. The van der Waals surface area contributed by atoms with Crippen molar-refractivity contribution in [2.45, 2.75) is 13.0 Å². The monoisotopic (exact) mass is 494 g/mol. The van der Waals surface area contributed by atoms with Gasteiger partial charge in [-0.15, -0.1) is 0 Å². The minimum Gasteiger partial charge on any atom is -0.382 e. The summed E-state index contributed by atoms with van der Waals surface area (Å²) in [6, 6.07) is 10.2. The van der Waals surface area contributed by atoms with Crippen LogP contribution in [0.3, 0.4) is 0 Å². The molecule has 0 fully saturated rings. The Bertz CT molecular complexity index is 1530. The van der Waals surface area contributed by atoms with Crippen molar-refractivity contribution in [3.63, 3.8) is 0 Å². The Labute approximate surface area is 204 Å². The van der Waals surface area contributed by atoms with Gasteiger partial charge in [-0.25, -0.2) is 9.37 Å². The van der Waals surface area contributed by atoms with Gasteiger partial charge in [0.2, 0.25) is 5.95 Å². The zero-order valence-corrected chi connectivity index (χ0v) is 19.5. The largest absolute Gasteiger partial charge is 0.382 e. The number of halogens is 2. The predicted octanol–water partition coefficient (Wildman–Crippen LogP) is 3.11. The van der Waals surface area contributed by atoms with Crippen LogP contribution >= 0.6 is 11.6 Å². The molecule has 0 aliphatic heterocycles. The summed E-state index contributed by atoms with van der Waals surface area (Å²) in [7, 11) is 1.45. The first kappa shape index (κ1) is 23.9. The van der Waals surface area contributed by atoms with Crippen LogP contribution < -0.4 is 22.3 Å². The van der Waals surface area contributed by atoms with E-state index in [1.165, 1.54) is 23.8 Å². The van der Waals surface area contributed by atoms with Crippen molar-refractivity contribution in [2.24, 2.45) is 0 Å². The van der Waals surface area contributed by atoms with Gasteiger partial charge < -0.3 is 21.5 Å². The van der Waals surface area contributed by atoms with E-state index in [1.54, 1.807) is 31.2 Å². The van der Waals surface area contributed by atoms with Crippen LogP contribution in [0.2, 0.25) is 5.02 Å². The third-order valence-corrected chi connectivity index (χ3v) is 5.49. The van der Waals surface area contributed by atoms with Crippen LogP contribution in [0.25, 0.3) is 16.6 Å². The summed E-state index contributed by atoms with van der Waals surface area (Å²) in [5.41, 5.74) is 12.2. The number of anilines is 3. The van der Waals surface area contributed by atoms with Crippen molar-refractivity contribution in [1.29, 1.82) is 5.26 Å². The van der Waals surface area contributed by atoms with E-state index in [4.69, 9.17) is 27.8 Å². The fraction of sp³-hybridized carbons (Fsp3) is 0.174. The molecule has 0 saturated carbocycles. The first-order chi connectivity index (χ1) is 16.7. The number of hydrogen-bond acceptors (Lipinski definition) is 9. The zero-order chi connectivity index (χ0) is 25.3. The Morgan fingerprint density at radius 3 is 2.71 bits per heavy atom. The molecule has 178 valence electrons. The van der Waals surface area contributed by atoms with Crippen molar-refractivity contribution >= 4 is 40.1 Å². The lowest BCUT2D eigenvalue weighted by atomic mass is 10.1. The molecule has 0 bridgehead atoms. The molecule has 4 rings (SSSR count). The number of hydrogen-bond donors (Lipinski definition) is 3. The molecule has 2 heterocycles. The molecule has 0 aliphatic carbocycles. The maximum Gasteiger partial charge on any atom is 0.267 e. The molecular weight excluding hydrogens is 475 g/mol. The molecule has 0 amide bonds. The van der Waals surface area contributed by atoms with Crippen LogP contribution in [0, 0.1) is 24.1 Å². The third-order valence-electron chi connectivity index (χ3n) is 5.18. The highest BCUT2D eigenvalue weighted by Crippen LogP contribution is 2.27. The van der Waals surface area contributed by atoms with Crippen molar-refractivity contribution in [3.8, 4) is 11.8 Å². The minimum atomic E-state index is -0.847. The van der Waals surface area contributed by atoms with Gasteiger partial charge in [-0.05, 0) is 42.8 Å². The third kappa shape index (κ3) is 4.57. The molecule has 0 spiro atoms. The van der Waals surface area contributed by atoms with Crippen LogP contribution in [-0.2, 0) is 4.74 Å². The summed E-state index contributed by atoms with van der Waals surface area (Å²) in [6.45, 7) is 1.69. The number of nitrogens with one attached hydrogen (secondary N) is 1. The van der Waals surface area contributed by atoms with Crippen LogP contribution in [0.5, 0.6) is 0 Å². The van der Waals surface area contributed by atoms with Gasteiger partial charge in [0.1, 0.15) is 35.1 Å². The van der Waals surface area contributed by atoms with Crippen LogP contribution in [0.15, 0.2) is 41.2 Å². The molecule has 1 atom stereocenters. The molecule has 35 heavy (non-hydrogen) atoms. The number of benzene rings is 2. The summed E-state index contributed by atoms with van der Waals surface area (Å²) in [5, 5.41) is 13.0. The van der Waals surface area contributed by atoms with Crippen molar-refractivity contribution in [2.75, 3.05) is 30.5 Å². The van der Waals surface area contributed by atoms with Crippen LogP contribution in [0.4, 0.5) is 22.0 Å². The molecule has 4 aromatic rings. The number of aryl methyl sites for hydroxylation is 1. The molecule has 1 unspecified atom stereocenters. The van der Waals surface area contributed by atoms with Gasteiger partial charge in [0, 0.05) is 7.11 Å². The molecule has 2 aromatic carbocycles. The average molecular weight is 495 g/mol. The van der Waals surface area contributed by atoms with Crippen molar-refractivity contribution in [3.05, 3.63) is 74.5 Å². The van der Waals surface area contributed by atoms with Gasteiger partial charge in [-0.3, -0.25) is 9.36 Å². The number of methoxy groups -OCH3 is 1. The molecule has 5 N–H and O–H groups in total. The molecule has 12 heteroatoms. The first-order valence-corrected chi connectivity index (χ1v) is 10.7. The lowest BCUT2D eigenvalue weighted by molar-refractivity contribution is 0.183. The number of nitrogen functional groups attached to an aromatic ring is 2. The number of aromatic nitrogens is 4. The molecule has 2 aromatic heterocycles. The molecule has 0 radical (unpaired) electrons. The molecule has 0 saturated heterocycles. The topological polar surface area (TPSA) is 158 Å². The van der Waals surface area contributed by atoms with Crippen molar-refractivity contribution in [1.82, 2.24) is 19.5 Å². The maximum absolute atomic E-state index is 14.4. The summed E-state index contributed by atoms with van der Waals surface area (Å²) in [6.07, 6.45) is 0. The minimum absolute atomic E-state index is 0.0124. The summed E-state index contributed by atoms with van der Waals surface area (Å²) >= 11 is 6.33. The zero-order valence-electron chi connectivity index (χ0n) is 18.7. The predicted molar refractivity (Wildman–Crippen MR) is 131 cm³/mol. The van der Waals surface area contributed by atoms with E-state index >= 15 is 0 Å². The Morgan fingerprint density at radius 2 is 2.03 bits per heavy atom. The second kappa shape index (κ2) is 9.54. The van der Waals surface area contributed by atoms with E-state index in [1.807, 2.05) is 6.07 Å². The Balaban J connectivity index is 2.02. The number of rotatable bonds is 6. The van der Waals surface area contributed by atoms with E-state index < -0.39 is 17.4 Å². The Morgan fingerprint density at radius 1 is 1.26 bits per heavy atom. The van der Waals surface area contributed by atoms with E-state index in [2.05, 4.69) is 20.3 Å². The molecule has 10 nitrogen and oxygen atoms in total. The first-order valence-electron chi connectivity index (χ1n) is 10.3. The maximum atomic E-state index is 14.4. The van der Waals surface area contributed by atoms with E-state index in [0.717, 1.165) is 0 Å². The number of nitrogens with zero attached hydrogens (tertiary/aromatic N) is 5. The average Bonchev–Trinajstić information content (AvgIpc) is 2.77. The fourth-order valence-electron chi connectivity index (χ4n) is 3.76. The number of nitriles is 1. The smallest absolute Gasteiger partial charge is 0.267 e. The van der Waals surface area contributed by atoms with Gasteiger partial charge in [-0.2, -0.15) is 15.2 Å². The van der Waals surface area contributed by atoms with E-state index in [0.29, 0.717) is 11.1 Å². The summed E-state index contributed by atoms with van der Waals surface area (Å²) in [5.74, 6) is -0.610. The number of nitrogens with two attached hydrogens (primary N) is 2. The quantitative estimate of drug-likeness (QED) is 0.366. The second-order valence-electron chi connectivity index (χ2n) is 7.69. The highest BCUT2D eigenvalue weighted by atomic mass is 35.5. The van der Waals surface area contributed by atoms with Crippen LogP contribution in [-0.4, -0.2) is 33.2 Å². The highest BCUT2D eigenvalue weighted by molar-refractivity contribution is 6.35. The van der Waals surface area contributed by atoms with Gasteiger partial charge in [-0.1, -0.05) is 17.7 Å². The highest BCUT2D eigenvalue weighted by Gasteiger charge is 2.25. The molecule has 0 aliphatic rings. The van der Waals surface area contributed by atoms with Crippen molar-refractivity contribution < 1.29 is 9.13 Å². The van der Waals surface area contributed by atoms with Gasteiger partial charge in [0.05, 0.1) is 28.2 Å². The standard InChI is InChI=1S/C23H20ClFN8O2/c1-11-6-12(25)8-13(7-11)33-21(30-16-5-3-4-15(24)18(16)22(33)34)17(10-35-2)29-20-14(9-26)19(27)31-23(28)32-20/h3-8,17H,10H2,1-2H3,(H5,27,28,29,31,32). The lowest BCUT2D eigenvalue weighted by Crippen LogP contribution is -2.31.